The molecule has 3 N–H and O–H groups in total. The third-order valence-corrected chi connectivity index (χ3v) is 5.46. The highest BCUT2D eigenvalue weighted by atomic mass is 19.1. The predicted molar refractivity (Wildman–Crippen MR) is 124 cm³/mol. The van der Waals surface area contributed by atoms with Gasteiger partial charge in [-0.3, -0.25) is 19.3 Å². The first-order valence-electron chi connectivity index (χ1n) is 11.1. The summed E-state index contributed by atoms with van der Waals surface area (Å²) in [6.07, 6.45) is 1.56. The molecule has 11 nitrogen and oxygen atoms in total. The second-order valence-electron chi connectivity index (χ2n) is 8.04. The van der Waals surface area contributed by atoms with Gasteiger partial charge in [-0.05, 0) is 18.2 Å². The highest BCUT2D eigenvalue weighted by Gasteiger charge is 2.19. The van der Waals surface area contributed by atoms with Crippen molar-refractivity contribution in [3.8, 4) is 0 Å². The fraction of sp³-hybridized carbons (Fsp3) is 0.304. The Morgan fingerprint density at radius 1 is 1.03 bits per heavy atom. The zero-order chi connectivity index (χ0) is 25.7. The molecule has 1 aromatic carbocycles. The van der Waals surface area contributed by atoms with Gasteiger partial charge >= 0.3 is 0 Å². The van der Waals surface area contributed by atoms with Crippen LogP contribution in [-0.2, 0) is 11.8 Å². The molecule has 1 fully saturated rings. The third-order valence-electron chi connectivity index (χ3n) is 5.46. The van der Waals surface area contributed by atoms with Crippen molar-refractivity contribution >= 4 is 29.2 Å². The first-order valence-corrected chi connectivity index (χ1v) is 11.1. The summed E-state index contributed by atoms with van der Waals surface area (Å²) in [5.41, 5.74) is 0.292. The molecule has 13 heteroatoms. The molecule has 36 heavy (non-hydrogen) atoms. The number of halogens is 2. The van der Waals surface area contributed by atoms with E-state index in [1.807, 2.05) is 0 Å². The van der Waals surface area contributed by atoms with Crippen molar-refractivity contribution in [1.82, 2.24) is 19.9 Å². The number of aryl methyl sites for hydroxylation is 1. The summed E-state index contributed by atoms with van der Waals surface area (Å²) in [6.45, 7) is 4.20. The predicted octanol–water partition coefficient (Wildman–Crippen LogP) is 1.86. The minimum atomic E-state index is -1.04. The molecule has 3 aromatic rings. The van der Waals surface area contributed by atoms with Gasteiger partial charge in [0.25, 0.3) is 17.7 Å². The lowest BCUT2D eigenvalue weighted by atomic mass is 10.2. The van der Waals surface area contributed by atoms with Crippen molar-refractivity contribution < 1.29 is 32.4 Å². The molecule has 1 aliphatic heterocycles. The third kappa shape index (κ3) is 6.12. The Balaban J connectivity index is 1.31. The second kappa shape index (κ2) is 11.1. The van der Waals surface area contributed by atoms with E-state index in [0.29, 0.717) is 43.8 Å². The summed E-state index contributed by atoms with van der Waals surface area (Å²) in [5, 5.41) is 11.3. The fourth-order valence-electron chi connectivity index (χ4n) is 3.59. The van der Waals surface area contributed by atoms with E-state index in [0.717, 1.165) is 31.3 Å². The maximum Gasteiger partial charge on any atom is 0.294 e. The molecule has 0 saturated carbocycles. The van der Waals surface area contributed by atoms with Crippen molar-refractivity contribution in [3.05, 3.63) is 65.2 Å². The number of aromatic nitrogens is 2. The zero-order valence-corrected chi connectivity index (χ0v) is 19.3. The summed E-state index contributed by atoms with van der Waals surface area (Å²) < 4.78 is 38.6. The molecule has 0 aliphatic carbocycles. The average molecular weight is 502 g/mol. The van der Waals surface area contributed by atoms with Crippen LogP contribution in [0.3, 0.4) is 0 Å². The van der Waals surface area contributed by atoms with Crippen LogP contribution in [-0.4, -0.2) is 71.7 Å². The van der Waals surface area contributed by atoms with Gasteiger partial charge < -0.3 is 29.8 Å². The molecule has 190 valence electrons. The van der Waals surface area contributed by atoms with Gasteiger partial charge in [-0.1, -0.05) is 5.16 Å². The van der Waals surface area contributed by atoms with Crippen molar-refractivity contribution in [2.24, 2.45) is 7.05 Å². The number of carbonyl (C=O) groups is 3. The van der Waals surface area contributed by atoms with E-state index in [4.69, 9.17) is 9.26 Å². The van der Waals surface area contributed by atoms with Crippen LogP contribution in [0.25, 0.3) is 0 Å². The molecule has 0 unspecified atom stereocenters. The van der Waals surface area contributed by atoms with E-state index in [1.165, 1.54) is 6.07 Å². The van der Waals surface area contributed by atoms with Crippen molar-refractivity contribution in [3.63, 3.8) is 0 Å². The molecule has 0 atom stereocenters. The first-order chi connectivity index (χ1) is 17.3. The van der Waals surface area contributed by atoms with Crippen LogP contribution in [0.2, 0.25) is 0 Å². The second-order valence-corrected chi connectivity index (χ2v) is 8.04. The van der Waals surface area contributed by atoms with Crippen LogP contribution in [0, 0.1) is 11.6 Å². The molecular formula is C23H24F2N6O5. The molecule has 2 aromatic heterocycles. The van der Waals surface area contributed by atoms with E-state index in [9.17, 15) is 23.2 Å². The number of nitrogens with one attached hydrogen (secondary N) is 3. The highest BCUT2D eigenvalue weighted by Crippen LogP contribution is 2.17. The Morgan fingerprint density at radius 3 is 2.56 bits per heavy atom. The van der Waals surface area contributed by atoms with E-state index in [-0.39, 0.29) is 17.5 Å². The number of morpholine rings is 1. The number of hydrogen-bond acceptors (Lipinski definition) is 7. The van der Waals surface area contributed by atoms with Gasteiger partial charge in [-0.15, -0.1) is 0 Å². The number of carbonyl (C=O) groups excluding carboxylic acids is 3. The summed E-state index contributed by atoms with van der Waals surface area (Å²) in [7, 11) is 1.67. The number of amides is 3. The largest absolute Gasteiger partial charge is 0.379 e. The Bertz CT molecular complexity index is 1270. The standard InChI is InChI=1S/C23H24F2N6O5/c1-30-13-15(11-18(30)22(33)26-4-5-31-6-8-35-9-7-31)27-23(34)19-12-20(29-36-19)28-21(32)16-3-2-14(24)10-17(16)25/h2-3,10-13H,4-9H2,1H3,(H,26,33)(H,27,34)(H,28,29,32). The minimum absolute atomic E-state index is 0.137. The average Bonchev–Trinajstić information content (AvgIpc) is 3.46. The number of ether oxygens (including phenoxy) is 1. The molecule has 0 spiro atoms. The SMILES string of the molecule is Cn1cc(NC(=O)c2cc(NC(=O)c3ccc(F)cc3F)no2)cc1C(=O)NCCN1CCOCC1. The van der Waals surface area contributed by atoms with Gasteiger partial charge in [-0.25, -0.2) is 8.78 Å². The summed E-state index contributed by atoms with van der Waals surface area (Å²) in [4.78, 5) is 39.4. The van der Waals surface area contributed by atoms with E-state index in [2.05, 4.69) is 26.0 Å². The Hall–Kier alpha value is -4.10. The van der Waals surface area contributed by atoms with E-state index >= 15 is 0 Å². The van der Waals surface area contributed by atoms with Crippen molar-refractivity contribution in [1.29, 1.82) is 0 Å². The number of hydrogen-bond donors (Lipinski definition) is 3. The highest BCUT2D eigenvalue weighted by molar-refractivity contribution is 6.06. The smallest absolute Gasteiger partial charge is 0.294 e. The molecule has 3 heterocycles. The molecule has 1 saturated heterocycles. The minimum Gasteiger partial charge on any atom is -0.379 e. The number of anilines is 2. The van der Waals surface area contributed by atoms with E-state index in [1.54, 1.807) is 17.8 Å². The topological polar surface area (TPSA) is 131 Å². The van der Waals surface area contributed by atoms with Gasteiger partial charge in [0, 0.05) is 51.6 Å². The molecule has 0 bridgehead atoms. The normalized spacial score (nSPS) is 13.9. The van der Waals surface area contributed by atoms with Crippen LogP contribution < -0.4 is 16.0 Å². The maximum atomic E-state index is 13.8. The number of nitrogens with zero attached hydrogens (tertiary/aromatic N) is 3. The fourth-order valence-corrected chi connectivity index (χ4v) is 3.59. The van der Waals surface area contributed by atoms with Crippen molar-refractivity contribution in [2.45, 2.75) is 0 Å². The van der Waals surface area contributed by atoms with Gasteiger partial charge in [0.15, 0.2) is 5.82 Å². The summed E-state index contributed by atoms with van der Waals surface area (Å²) in [5.74, 6) is -4.09. The number of rotatable bonds is 8. The first kappa shape index (κ1) is 25.0. The van der Waals surface area contributed by atoms with Crippen molar-refractivity contribution in [2.75, 3.05) is 50.0 Å². The monoisotopic (exact) mass is 502 g/mol. The summed E-state index contributed by atoms with van der Waals surface area (Å²) >= 11 is 0. The summed E-state index contributed by atoms with van der Waals surface area (Å²) in [6, 6.07) is 5.17. The lowest BCUT2D eigenvalue weighted by Gasteiger charge is -2.26. The lowest BCUT2D eigenvalue weighted by Crippen LogP contribution is -2.41. The van der Waals surface area contributed by atoms with Crippen LogP contribution in [0.15, 0.2) is 41.1 Å². The quantitative estimate of drug-likeness (QED) is 0.429. The van der Waals surface area contributed by atoms with Crippen LogP contribution >= 0.6 is 0 Å². The van der Waals surface area contributed by atoms with Gasteiger partial charge in [0.1, 0.15) is 17.3 Å². The Labute approximate surface area is 204 Å². The molecule has 3 amide bonds. The van der Waals surface area contributed by atoms with E-state index < -0.39 is 29.0 Å². The number of benzene rings is 1. The maximum absolute atomic E-state index is 13.8. The Kier molecular flexibility index (Phi) is 7.71. The zero-order valence-electron chi connectivity index (χ0n) is 19.3. The molecule has 0 radical (unpaired) electrons. The van der Waals surface area contributed by atoms with Crippen LogP contribution in [0.1, 0.15) is 31.4 Å². The molecule has 1 aliphatic rings. The van der Waals surface area contributed by atoms with Gasteiger partial charge in [-0.2, -0.15) is 0 Å². The van der Waals surface area contributed by atoms with Gasteiger partial charge in [0.05, 0.1) is 24.5 Å². The van der Waals surface area contributed by atoms with Crippen LogP contribution in [0.4, 0.5) is 20.3 Å². The van der Waals surface area contributed by atoms with Crippen LogP contribution in [0.5, 0.6) is 0 Å². The Morgan fingerprint density at radius 2 is 1.81 bits per heavy atom. The van der Waals surface area contributed by atoms with Gasteiger partial charge in [0.2, 0.25) is 5.76 Å². The lowest BCUT2D eigenvalue weighted by molar-refractivity contribution is 0.0383. The molecular weight excluding hydrogens is 478 g/mol. The molecule has 4 rings (SSSR count).